The van der Waals surface area contributed by atoms with Crippen LogP contribution in [0.5, 0.6) is 0 Å². The van der Waals surface area contributed by atoms with Gasteiger partial charge in [0.15, 0.2) is 17.5 Å². The van der Waals surface area contributed by atoms with Crippen molar-refractivity contribution >= 4 is 32.8 Å². The van der Waals surface area contributed by atoms with Crippen LogP contribution >= 0.6 is 0 Å². The van der Waals surface area contributed by atoms with E-state index in [4.69, 9.17) is 24.4 Å². The van der Waals surface area contributed by atoms with Gasteiger partial charge in [0.1, 0.15) is 11.2 Å². The first-order valence-corrected chi connectivity index (χ1v) is 17.6. The Balaban J connectivity index is 1.00. The summed E-state index contributed by atoms with van der Waals surface area (Å²) in [5.41, 5.74) is 12.0. The molecule has 10 rings (SSSR count). The molecule has 3 heterocycles. The fourth-order valence-corrected chi connectivity index (χ4v) is 7.03. The molecule has 53 heavy (non-hydrogen) atoms. The van der Waals surface area contributed by atoms with E-state index in [1.165, 1.54) is 16.7 Å². The number of nitrogens with zero attached hydrogens (tertiary/aromatic N) is 4. The molecule has 3 aromatic heterocycles. The van der Waals surface area contributed by atoms with Crippen molar-refractivity contribution in [1.29, 1.82) is 0 Å². The van der Waals surface area contributed by atoms with Crippen LogP contribution in [0.1, 0.15) is 0 Å². The molecule has 10 aromatic rings. The van der Waals surface area contributed by atoms with Crippen LogP contribution in [0.25, 0.3) is 100 Å². The molecule has 0 amide bonds. The maximum atomic E-state index is 6.37. The van der Waals surface area contributed by atoms with E-state index in [9.17, 15) is 0 Å². The summed E-state index contributed by atoms with van der Waals surface area (Å²) in [7, 11) is 0. The van der Waals surface area contributed by atoms with Crippen molar-refractivity contribution in [3.63, 3.8) is 0 Å². The molecule has 0 bridgehead atoms. The average molecular weight is 679 g/mol. The van der Waals surface area contributed by atoms with Gasteiger partial charge in [-0.05, 0) is 58.1 Å². The van der Waals surface area contributed by atoms with Gasteiger partial charge in [-0.3, -0.25) is 4.98 Å². The number of aromatic nitrogens is 4. The lowest BCUT2D eigenvalue weighted by Crippen LogP contribution is -2.00. The van der Waals surface area contributed by atoms with Crippen LogP contribution < -0.4 is 0 Å². The fraction of sp³-hybridized carbons (Fsp3) is 0. The maximum Gasteiger partial charge on any atom is 0.167 e. The Morgan fingerprint density at radius 1 is 0.358 bits per heavy atom. The number of pyridine rings is 1. The molecule has 0 aliphatic carbocycles. The Kier molecular flexibility index (Phi) is 7.40. The molecule has 5 heteroatoms. The van der Waals surface area contributed by atoms with Gasteiger partial charge in [0.2, 0.25) is 0 Å². The van der Waals surface area contributed by atoms with Crippen LogP contribution in [0.2, 0.25) is 0 Å². The Morgan fingerprint density at radius 2 is 0.868 bits per heavy atom. The van der Waals surface area contributed by atoms with Gasteiger partial charge in [-0.1, -0.05) is 146 Å². The zero-order valence-electron chi connectivity index (χ0n) is 28.5. The monoisotopic (exact) mass is 678 g/mol. The molecule has 0 N–H and O–H groups in total. The molecule has 0 spiro atoms. The van der Waals surface area contributed by atoms with Crippen molar-refractivity contribution in [3.8, 4) is 67.5 Å². The van der Waals surface area contributed by atoms with Crippen LogP contribution in [0.3, 0.4) is 0 Å². The van der Waals surface area contributed by atoms with Gasteiger partial charge in [-0.15, -0.1) is 0 Å². The van der Waals surface area contributed by atoms with Crippen molar-refractivity contribution in [2.75, 3.05) is 0 Å². The van der Waals surface area contributed by atoms with E-state index in [-0.39, 0.29) is 0 Å². The highest BCUT2D eigenvalue weighted by Gasteiger charge is 2.18. The highest BCUT2D eigenvalue weighted by molar-refractivity contribution is 6.09. The number of para-hydroxylation sites is 2. The number of hydrogen-bond acceptors (Lipinski definition) is 5. The normalized spacial score (nSPS) is 11.4. The Labute approximate surface area is 305 Å². The second kappa shape index (κ2) is 12.8. The zero-order valence-corrected chi connectivity index (χ0v) is 28.5. The third-order valence-corrected chi connectivity index (χ3v) is 9.80. The van der Waals surface area contributed by atoms with E-state index < -0.39 is 0 Å². The molecule has 0 radical (unpaired) electrons. The van der Waals surface area contributed by atoms with E-state index in [0.717, 1.165) is 66.2 Å². The average Bonchev–Trinajstić information content (AvgIpc) is 3.63. The van der Waals surface area contributed by atoms with Gasteiger partial charge in [0.05, 0.1) is 11.1 Å². The van der Waals surface area contributed by atoms with E-state index in [0.29, 0.717) is 17.5 Å². The summed E-state index contributed by atoms with van der Waals surface area (Å²) in [6.45, 7) is 0. The Bertz CT molecular complexity index is 2920. The number of hydrogen-bond donors (Lipinski definition) is 0. The number of fused-ring (bicyclic) bond motifs is 4. The van der Waals surface area contributed by atoms with Crippen LogP contribution in [-0.4, -0.2) is 19.9 Å². The molecule has 0 aliphatic heterocycles. The van der Waals surface area contributed by atoms with Crippen molar-refractivity contribution in [1.82, 2.24) is 19.9 Å². The van der Waals surface area contributed by atoms with Crippen molar-refractivity contribution in [2.45, 2.75) is 0 Å². The summed E-state index contributed by atoms with van der Waals surface area (Å²) < 4.78 is 6.37. The minimum Gasteiger partial charge on any atom is -0.455 e. The van der Waals surface area contributed by atoms with Gasteiger partial charge in [0, 0.05) is 39.0 Å². The standard InChI is InChI=1S/C48H30N4O/c1-3-10-31(11-4-1)32-18-20-33(21-19-32)37-26-27-43-38(28-37)29-39(30-49-43)34-22-24-36(25-23-34)47-50-46(35-12-5-2-6-13-35)51-48(52-47)42-16-9-15-41-40-14-7-8-17-44(40)53-45(41)42/h1-30H. The summed E-state index contributed by atoms with van der Waals surface area (Å²) in [6.07, 6.45) is 1.94. The molecular formula is C48H30N4O. The first-order chi connectivity index (χ1) is 26.2. The first kappa shape index (κ1) is 30.6. The lowest BCUT2D eigenvalue weighted by atomic mass is 9.98. The summed E-state index contributed by atoms with van der Waals surface area (Å²) in [5.74, 6) is 1.76. The predicted molar refractivity (Wildman–Crippen MR) is 215 cm³/mol. The lowest BCUT2D eigenvalue weighted by Gasteiger charge is -2.10. The van der Waals surface area contributed by atoms with E-state index in [1.807, 2.05) is 72.9 Å². The first-order valence-electron chi connectivity index (χ1n) is 17.6. The second-order valence-electron chi connectivity index (χ2n) is 13.1. The number of furan rings is 1. The highest BCUT2D eigenvalue weighted by atomic mass is 16.3. The predicted octanol–water partition coefficient (Wildman–Crippen LogP) is 12.3. The number of benzene rings is 7. The molecule has 0 saturated carbocycles. The zero-order chi connectivity index (χ0) is 35.1. The number of rotatable bonds is 6. The maximum absolute atomic E-state index is 6.37. The largest absolute Gasteiger partial charge is 0.455 e. The topological polar surface area (TPSA) is 64.7 Å². The van der Waals surface area contributed by atoms with Crippen molar-refractivity contribution < 1.29 is 4.42 Å². The SMILES string of the molecule is c1ccc(-c2ccc(-c3ccc4ncc(-c5ccc(-c6nc(-c7ccccc7)nc(-c7cccc8c7oc7ccccc78)n6)cc5)cc4c3)cc2)cc1. The minimum atomic E-state index is 0.562. The van der Waals surface area contributed by atoms with Crippen LogP contribution in [0.4, 0.5) is 0 Å². The highest BCUT2D eigenvalue weighted by Crippen LogP contribution is 2.36. The van der Waals surface area contributed by atoms with E-state index in [1.54, 1.807) is 0 Å². The van der Waals surface area contributed by atoms with Crippen LogP contribution in [-0.2, 0) is 0 Å². The molecular weight excluding hydrogens is 649 g/mol. The third-order valence-electron chi connectivity index (χ3n) is 9.80. The minimum absolute atomic E-state index is 0.562. The van der Waals surface area contributed by atoms with Crippen LogP contribution in [0.15, 0.2) is 187 Å². The van der Waals surface area contributed by atoms with Crippen LogP contribution in [0, 0.1) is 0 Å². The summed E-state index contributed by atoms with van der Waals surface area (Å²) in [6, 6.07) is 60.4. The van der Waals surface area contributed by atoms with E-state index >= 15 is 0 Å². The Morgan fingerprint density at radius 3 is 1.60 bits per heavy atom. The Hall–Kier alpha value is -7.24. The molecule has 5 nitrogen and oxygen atoms in total. The summed E-state index contributed by atoms with van der Waals surface area (Å²) in [5, 5.41) is 3.18. The van der Waals surface area contributed by atoms with E-state index in [2.05, 4.69) is 109 Å². The molecule has 0 saturated heterocycles. The van der Waals surface area contributed by atoms with Crippen molar-refractivity contribution in [2.24, 2.45) is 0 Å². The molecule has 7 aromatic carbocycles. The van der Waals surface area contributed by atoms with Gasteiger partial charge >= 0.3 is 0 Å². The van der Waals surface area contributed by atoms with Gasteiger partial charge in [-0.2, -0.15) is 0 Å². The molecule has 0 aliphatic rings. The fourth-order valence-electron chi connectivity index (χ4n) is 7.03. The van der Waals surface area contributed by atoms with Gasteiger partial charge < -0.3 is 4.42 Å². The van der Waals surface area contributed by atoms with Gasteiger partial charge in [-0.25, -0.2) is 15.0 Å². The molecule has 248 valence electrons. The molecule has 0 unspecified atom stereocenters. The quantitative estimate of drug-likeness (QED) is 0.175. The second-order valence-corrected chi connectivity index (χ2v) is 13.1. The van der Waals surface area contributed by atoms with Crippen molar-refractivity contribution in [3.05, 3.63) is 182 Å². The third kappa shape index (κ3) is 5.71. The summed E-state index contributed by atoms with van der Waals surface area (Å²) in [4.78, 5) is 19.8. The molecule has 0 atom stereocenters. The smallest absolute Gasteiger partial charge is 0.167 e. The lowest BCUT2D eigenvalue weighted by molar-refractivity contribution is 0.669. The summed E-state index contributed by atoms with van der Waals surface area (Å²) >= 11 is 0. The molecule has 0 fully saturated rings. The van der Waals surface area contributed by atoms with Gasteiger partial charge in [0.25, 0.3) is 0 Å².